The summed E-state index contributed by atoms with van der Waals surface area (Å²) >= 11 is 14.0. The number of nitrogens with zero attached hydrogens (tertiary/aromatic N) is 1. The Hall–Kier alpha value is -1.69. The van der Waals surface area contributed by atoms with Crippen LogP contribution in [0.5, 0.6) is 0 Å². The van der Waals surface area contributed by atoms with Crippen LogP contribution < -0.4 is 5.32 Å². The predicted octanol–water partition coefficient (Wildman–Crippen LogP) is 5.95. The van der Waals surface area contributed by atoms with Crippen LogP contribution in [-0.4, -0.2) is 35.1 Å². The van der Waals surface area contributed by atoms with Crippen LogP contribution in [0.15, 0.2) is 48.5 Å². The molecule has 0 heterocycles. The SMILES string of the molecule is CCCCNC(=O)[C@@H](C)N(Cc1ccc(Cl)cc1Cl)C(=O)CCSCc1ccccc1. The summed E-state index contributed by atoms with van der Waals surface area (Å²) in [5.41, 5.74) is 2.00. The highest BCUT2D eigenvalue weighted by molar-refractivity contribution is 7.98. The molecular formula is C24H30Cl2N2O2S. The monoisotopic (exact) mass is 480 g/mol. The Bertz CT molecular complexity index is 849. The molecule has 0 spiro atoms. The van der Waals surface area contributed by atoms with Gasteiger partial charge in [-0.3, -0.25) is 9.59 Å². The van der Waals surface area contributed by atoms with Gasteiger partial charge in [0, 0.05) is 41.1 Å². The van der Waals surface area contributed by atoms with Crippen molar-refractivity contribution in [2.45, 2.75) is 51.4 Å². The highest BCUT2D eigenvalue weighted by Gasteiger charge is 2.26. The van der Waals surface area contributed by atoms with Crippen molar-refractivity contribution in [1.82, 2.24) is 10.2 Å². The van der Waals surface area contributed by atoms with Gasteiger partial charge in [-0.05, 0) is 36.6 Å². The molecule has 0 unspecified atom stereocenters. The van der Waals surface area contributed by atoms with E-state index in [0.717, 1.165) is 24.2 Å². The largest absolute Gasteiger partial charge is 0.354 e. The molecule has 0 bridgehead atoms. The van der Waals surface area contributed by atoms with E-state index in [1.807, 2.05) is 18.2 Å². The third-order valence-electron chi connectivity index (χ3n) is 4.92. The number of nitrogens with one attached hydrogen (secondary N) is 1. The Labute approximate surface area is 199 Å². The van der Waals surface area contributed by atoms with Crippen LogP contribution in [0.25, 0.3) is 0 Å². The van der Waals surface area contributed by atoms with Gasteiger partial charge in [-0.1, -0.05) is 72.9 Å². The molecule has 0 aromatic heterocycles. The number of amides is 2. The average Bonchev–Trinajstić information content (AvgIpc) is 2.76. The van der Waals surface area contributed by atoms with Gasteiger partial charge in [-0.2, -0.15) is 11.8 Å². The third-order valence-corrected chi connectivity index (χ3v) is 6.54. The van der Waals surface area contributed by atoms with Crippen LogP contribution in [0.3, 0.4) is 0 Å². The van der Waals surface area contributed by atoms with Gasteiger partial charge in [-0.25, -0.2) is 0 Å². The van der Waals surface area contributed by atoms with Crippen LogP contribution in [0, 0.1) is 0 Å². The quantitative estimate of drug-likeness (QED) is 0.381. The molecule has 31 heavy (non-hydrogen) atoms. The van der Waals surface area contributed by atoms with E-state index in [1.54, 1.807) is 41.8 Å². The summed E-state index contributed by atoms with van der Waals surface area (Å²) in [6.45, 7) is 4.71. The lowest BCUT2D eigenvalue weighted by Crippen LogP contribution is -2.47. The van der Waals surface area contributed by atoms with E-state index in [1.165, 1.54) is 5.56 Å². The Morgan fingerprint density at radius 2 is 1.87 bits per heavy atom. The van der Waals surface area contributed by atoms with E-state index < -0.39 is 6.04 Å². The summed E-state index contributed by atoms with van der Waals surface area (Å²) in [5.74, 6) is 1.32. The van der Waals surface area contributed by atoms with E-state index in [9.17, 15) is 9.59 Å². The van der Waals surface area contributed by atoms with Crippen molar-refractivity contribution in [3.05, 3.63) is 69.7 Å². The number of thioether (sulfide) groups is 1. The van der Waals surface area contributed by atoms with Crippen LogP contribution in [0.4, 0.5) is 0 Å². The van der Waals surface area contributed by atoms with Gasteiger partial charge < -0.3 is 10.2 Å². The number of unbranched alkanes of at least 4 members (excludes halogenated alkanes) is 1. The molecule has 0 aliphatic rings. The maximum Gasteiger partial charge on any atom is 0.242 e. The highest BCUT2D eigenvalue weighted by Crippen LogP contribution is 2.24. The first kappa shape index (κ1) is 25.6. The molecule has 1 atom stereocenters. The molecule has 0 saturated heterocycles. The van der Waals surface area contributed by atoms with Crippen LogP contribution in [0.1, 0.15) is 44.2 Å². The number of halogens is 2. The standard InChI is InChI=1S/C24H30Cl2N2O2S/c1-3-4-13-27-24(30)18(2)28(16-20-10-11-21(25)15-22(20)26)23(29)12-14-31-17-19-8-6-5-7-9-19/h5-11,15,18H,3-4,12-14,16-17H2,1-2H3,(H,27,30)/t18-/m1/s1. The van der Waals surface area contributed by atoms with Gasteiger partial charge in [0.1, 0.15) is 6.04 Å². The van der Waals surface area contributed by atoms with Gasteiger partial charge >= 0.3 is 0 Å². The Kier molecular flexibility index (Phi) is 11.3. The van der Waals surface area contributed by atoms with Crippen molar-refractivity contribution in [1.29, 1.82) is 0 Å². The first-order chi connectivity index (χ1) is 14.9. The lowest BCUT2D eigenvalue weighted by Gasteiger charge is -2.29. The fraction of sp³-hybridized carbons (Fsp3) is 0.417. The fourth-order valence-electron chi connectivity index (χ4n) is 3.02. The molecule has 0 aliphatic heterocycles. The molecule has 2 aromatic rings. The number of benzene rings is 2. The summed E-state index contributed by atoms with van der Waals surface area (Å²) in [4.78, 5) is 27.3. The van der Waals surface area contributed by atoms with E-state index in [-0.39, 0.29) is 18.4 Å². The van der Waals surface area contributed by atoms with Gasteiger partial charge in [0.25, 0.3) is 0 Å². The van der Waals surface area contributed by atoms with Crippen molar-refractivity contribution in [3.8, 4) is 0 Å². The topological polar surface area (TPSA) is 49.4 Å². The number of hydrogen-bond acceptors (Lipinski definition) is 3. The van der Waals surface area contributed by atoms with Gasteiger partial charge in [0.05, 0.1) is 0 Å². The minimum atomic E-state index is -0.588. The smallest absolute Gasteiger partial charge is 0.242 e. The summed E-state index contributed by atoms with van der Waals surface area (Å²) < 4.78 is 0. The first-order valence-corrected chi connectivity index (χ1v) is 12.5. The molecule has 4 nitrogen and oxygen atoms in total. The van der Waals surface area contributed by atoms with Gasteiger partial charge in [-0.15, -0.1) is 0 Å². The molecule has 0 fully saturated rings. The van der Waals surface area contributed by atoms with E-state index in [4.69, 9.17) is 23.2 Å². The number of carbonyl (C=O) groups is 2. The zero-order valence-electron chi connectivity index (χ0n) is 18.1. The molecule has 2 aromatic carbocycles. The van der Waals surface area contributed by atoms with Gasteiger partial charge in [0.2, 0.25) is 11.8 Å². The lowest BCUT2D eigenvalue weighted by molar-refractivity contribution is -0.140. The van der Waals surface area contributed by atoms with Crippen LogP contribution >= 0.6 is 35.0 Å². The van der Waals surface area contributed by atoms with E-state index in [2.05, 4.69) is 24.4 Å². The second kappa shape index (κ2) is 13.7. The average molecular weight is 481 g/mol. The van der Waals surface area contributed by atoms with Crippen molar-refractivity contribution in [2.75, 3.05) is 12.3 Å². The van der Waals surface area contributed by atoms with Crippen LogP contribution in [0.2, 0.25) is 10.0 Å². The number of hydrogen-bond donors (Lipinski definition) is 1. The minimum Gasteiger partial charge on any atom is -0.354 e. The molecule has 2 amide bonds. The Morgan fingerprint density at radius 3 is 2.55 bits per heavy atom. The fourth-order valence-corrected chi connectivity index (χ4v) is 4.38. The minimum absolute atomic E-state index is 0.0651. The van der Waals surface area contributed by atoms with Crippen molar-refractivity contribution >= 4 is 46.8 Å². The number of rotatable bonds is 12. The summed E-state index contributed by atoms with van der Waals surface area (Å²) in [6.07, 6.45) is 2.26. The Morgan fingerprint density at radius 1 is 1.13 bits per heavy atom. The first-order valence-electron chi connectivity index (χ1n) is 10.5. The molecule has 2 rings (SSSR count). The maximum absolute atomic E-state index is 13.1. The molecule has 7 heteroatoms. The third kappa shape index (κ3) is 8.76. The van der Waals surface area contributed by atoms with Crippen LogP contribution in [-0.2, 0) is 21.9 Å². The molecule has 0 radical (unpaired) electrons. The number of carbonyl (C=O) groups excluding carboxylic acids is 2. The molecular weight excluding hydrogens is 451 g/mol. The van der Waals surface area contributed by atoms with Crippen molar-refractivity contribution in [2.24, 2.45) is 0 Å². The van der Waals surface area contributed by atoms with E-state index >= 15 is 0 Å². The highest BCUT2D eigenvalue weighted by atomic mass is 35.5. The normalized spacial score (nSPS) is 11.7. The summed E-state index contributed by atoms with van der Waals surface area (Å²) in [5, 5.41) is 3.95. The summed E-state index contributed by atoms with van der Waals surface area (Å²) in [6, 6.07) is 14.8. The second-order valence-corrected chi connectivity index (χ2v) is 9.31. The van der Waals surface area contributed by atoms with Crippen molar-refractivity contribution in [3.63, 3.8) is 0 Å². The molecule has 0 saturated carbocycles. The zero-order valence-corrected chi connectivity index (χ0v) is 20.4. The Balaban J connectivity index is 2.02. The second-order valence-electron chi connectivity index (χ2n) is 7.37. The lowest BCUT2D eigenvalue weighted by atomic mass is 10.1. The predicted molar refractivity (Wildman–Crippen MR) is 132 cm³/mol. The van der Waals surface area contributed by atoms with E-state index in [0.29, 0.717) is 28.8 Å². The zero-order chi connectivity index (χ0) is 22.6. The molecule has 168 valence electrons. The summed E-state index contributed by atoms with van der Waals surface area (Å²) in [7, 11) is 0. The van der Waals surface area contributed by atoms with Gasteiger partial charge in [0.15, 0.2) is 0 Å². The van der Waals surface area contributed by atoms with Crippen molar-refractivity contribution < 1.29 is 9.59 Å². The molecule has 1 N–H and O–H groups in total. The maximum atomic E-state index is 13.1. The molecule has 0 aliphatic carbocycles.